The first-order valence-corrected chi connectivity index (χ1v) is 11.0. The molecule has 5 rings (SSSR count). The van der Waals surface area contributed by atoms with Crippen molar-refractivity contribution in [2.75, 3.05) is 19.1 Å². The second kappa shape index (κ2) is 8.52. The zero-order valence-corrected chi connectivity index (χ0v) is 19.7. The van der Waals surface area contributed by atoms with Gasteiger partial charge in [0.15, 0.2) is 0 Å². The molecule has 0 aliphatic carbocycles. The Labute approximate surface area is 204 Å². The predicted octanol–water partition coefficient (Wildman–Crippen LogP) is 4.76. The first-order chi connectivity index (χ1) is 16.8. The minimum absolute atomic E-state index is 0.129. The molecule has 1 saturated heterocycles. The van der Waals surface area contributed by atoms with Crippen molar-refractivity contribution in [3.05, 3.63) is 76.2 Å². The van der Waals surface area contributed by atoms with Gasteiger partial charge >= 0.3 is 5.91 Å². The number of nitrogens with zero attached hydrogens (tertiary/aromatic N) is 2. The Hall–Kier alpha value is -4.24. The Kier molecular flexibility index (Phi) is 5.49. The number of hydrogen-bond donors (Lipinski definition) is 2. The number of anilines is 1. The molecule has 178 valence electrons. The largest absolute Gasteiger partial charge is 0.507 e. The summed E-state index contributed by atoms with van der Waals surface area (Å²) in [6, 6.07) is 12.4. The number of aromatic amines is 1. The molecule has 0 saturated carbocycles. The Morgan fingerprint density at radius 1 is 1.11 bits per heavy atom. The van der Waals surface area contributed by atoms with Crippen molar-refractivity contribution in [3.8, 4) is 11.5 Å². The maximum absolute atomic E-state index is 13.3. The first kappa shape index (κ1) is 22.5. The van der Waals surface area contributed by atoms with Gasteiger partial charge < -0.3 is 24.0 Å². The number of para-hydroxylation sites is 2. The highest BCUT2D eigenvalue weighted by Gasteiger charge is 2.50. The highest BCUT2D eigenvalue weighted by atomic mass is 35.5. The number of fused-ring (bicyclic) bond motifs is 1. The number of aliphatic hydroxyl groups excluding tert-OH is 1. The lowest BCUT2D eigenvalue weighted by atomic mass is 9.98. The number of carbonyl (C=O) groups excluding carboxylic acids is 2. The first-order valence-electron chi connectivity index (χ1n) is 10.6. The summed E-state index contributed by atoms with van der Waals surface area (Å²) >= 11 is 6.21. The standard InChI is InChI=1S/C25H20ClN3O6/c1-12-8-9-17(35-12)21-20(22(30)13-10-19(34-3)14(26)11-18(13)33-2)23(31)24(32)29(21)25-27-15-6-4-5-7-16(15)28-25/h4-11,21,30H,1-3H3,(H,27,28)/b22-20+. The van der Waals surface area contributed by atoms with Crippen LogP contribution in [0.4, 0.5) is 5.95 Å². The lowest BCUT2D eigenvalue weighted by molar-refractivity contribution is -0.132. The molecule has 0 bridgehead atoms. The van der Waals surface area contributed by atoms with Crippen molar-refractivity contribution in [1.29, 1.82) is 0 Å². The molecule has 9 nitrogen and oxygen atoms in total. The number of hydrogen-bond acceptors (Lipinski definition) is 7. The zero-order valence-electron chi connectivity index (χ0n) is 19.0. The topological polar surface area (TPSA) is 118 Å². The van der Waals surface area contributed by atoms with Crippen molar-refractivity contribution in [2.45, 2.75) is 13.0 Å². The molecule has 0 radical (unpaired) electrons. The van der Waals surface area contributed by atoms with Gasteiger partial charge in [-0.25, -0.2) is 4.98 Å². The average molecular weight is 494 g/mol. The number of benzene rings is 2. The maximum Gasteiger partial charge on any atom is 0.302 e. The minimum atomic E-state index is -1.09. The van der Waals surface area contributed by atoms with Gasteiger partial charge in [-0.1, -0.05) is 23.7 Å². The zero-order chi connectivity index (χ0) is 24.9. The number of ether oxygens (including phenoxy) is 2. The fraction of sp³-hybridized carbons (Fsp3) is 0.160. The molecule has 4 aromatic rings. The smallest absolute Gasteiger partial charge is 0.302 e. The average Bonchev–Trinajstić information content (AvgIpc) is 3.54. The molecule has 0 spiro atoms. The van der Waals surface area contributed by atoms with Crippen LogP contribution in [0.15, 0.2) is 58.5 Å². The van der Waals surface area contributed by atoms with Crippen molar-refractivity contribution in [2.24, 2.45) is 0 Å². The fourth-order valence-electron chi connectivity index (χ4n) is 4.16. The van der Waals surface area contributed by atoms with Gasteiger partial charge in [0.05, 0.1) is 41.4 Å². The van der Waals surface area contributed by atoms with Crippen LogP contribution >= 0.6 is 11.6 Å². The van der Waals surface area contributed by atoms with Crippen LogP contribution in [0, 0.1) is 6.92 Å². The van der Waals surface area contributed by atoms with Crippen molar-refractivity contribution in [3.63, 3.8) is 0 Å². The quantitative estimate of drug-likeness (QED) is 0.234. The van der Waals surface area contributed by atoms with Gasteiger partial charge in [0.1, 0.15) is 34.8 Å². The van der Waals surface area contributed by atoms with E-state index in [0.717, 1.165) is 0 Å². The molecule has 2 aromatic carbocycles. The molecule has 2 N–H and O–H groups in total. The van der Waals surface area contributed by atoms with E-state index in [0.29, 0.717) is 16.8 Å². The lowest BCUT2D eigenvalue weighted by Gasteiger charge is -2.21. The van der Waals surface area contributed by atoms with Gasteiger partial charge in [-0.15, -0.1) is 0 Å². The number of Topliss-reactive ketones (excluding diaryl/α,β-unsaturated/α-hetero) is 1. The number of aryl methyl sites for hydroxylation is 1. The third kappa shape index (κ3) is 3.60. The van der Waals surface area contributed by atoms with Crippen LogP contribution in [0.5, 0.6) is 11.5 Å². The molecular formula is C25H20ClN3O6. The number of aromatic nitrogens is 2. The van der Waals surface area contributed by atoms with Gasteiger partial charge in [0, 0.05) is 6.07 Å². The third-order valence-corrected chi connectivity index (χ3v) is 6.10. The number of H-pyrrole nitrogens is 1. The van der Waals surface area contributed by atoms with Gasteiger partial charge in [0.25, 0.3) is 5.78 Å². The van der Waals surface area contributed by atoms with E-state index in [2.05, 4.69) is 9.97 Å². The molecule has 3 heterocycles. The number of nitrogens with one attached hydrogen (secondary N) is 1. The van der Waals surface area contributed by atoms with Crippen molar-refractivity contribution < 1.29 is 28.6 Å². The second-order valence-electron chi connectivity index (χ2n) is 7.88. The van der Waals surface area contributed by atoms with Crippen molar-refractivity contribution >= 4 is 46.0 Å². The molecular weight excluding hydrogens is 474 g/mol. The van der Waals surface area contributed by atoms with E-state index in [4.69, 9.17) is 25.5 Å². The second-order valence-corrected chi connectivity index (χ2v) is 8.29. The predicted molar refractivity (Wildman–Crippen MR) is 129 cm³/mol. The van der Waals surface area contributed by atoms with Crippen LogP contribution < -0.4 is 14.4 Å². The normalized spacial score (nSPS) is 17.4. The molecule has 1 unspecified atom stereocenters. The number of carbonyl (C=O) groups is 2. The summed E-state index contributed by atoms with van der Waals surface area (Å²) in [5, 5.41) is 11.7. The van der Waals surface area contributed by atoms with Gasteiger partial charge in [-0.3, -0.25) is 14.5 Å². The van der Waals surface area contributed by atoms with Gasteiger partial charge in [-0.05, 0) is 37.3 Å². The molecule has 35 heavy (non-hydrogen) atoms. The van der Waals surface area contributed by atoms with E-state index in [9.17, 15) is 14.7 Å². The molecule has 2 aromatic heterocycles. The summed E-state index contributed by atoms with van der Waals surface area (Å²) in [6.45, 7) is 1.74. The number of imidazole rings is 1. The number of methoxy groups -OCH3 is 2. The number of ketones is 1. The minimum Gasteiger partial charge on any atom is -0.507 e. The van der Waals surface area contributed by atoms with Gasteiger partial charge in [0.2, 0.25) is 5.95 Å². The highest BCUT2D eigenvalue weighted by molar-refractivity contribution is 6.51. The van der Waals surface area contributed by atoms with Crippen LogP contribution in [0.1, 0.15) is 23.1 Å². The number of rotatable bonds is 5. The molecule has 1 amide bonds. The van der Waals surface area contributed by atoms with E-state index < -0.39 is 23.5 Å². The Morgan fingerprint density at radius 2 is 1.86 bits per heavy atom. The van der Waals surface area contributed by atoms with Crippen LogP contribution in [-0.4, -0.2) is 41.0 Å². The SMILES string of the molecule is COc1cc(/C(O)=C2\C(=O)C(=O)N(c3nc4ccccc4[nH]3)C2c2ccc(C)o2)c(OC)cc1Cl. The number of furan rings is 1. The summed E-state index contributed by atoms with van der Waals surface area (Å²) in [5.74, 6) is -0.796. The summed E-state index contributed by atoms with van der Waals surface area (Å²) in [4.78, 5) is 35.4. The highest BCUT2D eigenvalue weighted by Crippen LogP contribution is 2.44. The van der Waals surface area contributed by atoms with Crippen LogP contribution in [0.25, 0.3) is 16.8 Å². The lowest BCUT2D eigenvalue weighted by Crippen LogP contribution is -2.30. The molecule has 1 aliphatic rings. The number of amides is 1. The maximum atomic E-state index is 13.3. The Bertz CT molecular complexity index is 1490. The van der Waals surface area contributed by atoms with E-state index in [-0.39, 0.29) is 39.4 Å². The van der Waals surface area contributed by atoms with Crippen LogP contribution in [0.2, 0.25) is 5.02 Å². The van der Waals surface area contributed by atoms with E-state index in [1.54, 1.807) is 31.2 Å². The summed E-state index contributed by atoms with van der Waals surface area (Å²) in [6.07, 6.45) is 0. The monoisotopic (exact) mass is 493 g/mol. The van der Waals surface area contributed by atoms with Crippen molar-refractivity contribution in [1.82, 2.24) is 9.97 Å². The van der Waals surface area contributed by atoms with E-state index >= 15 is 0 Å². The van der Waals surface area contributed by atoms with E-state index in [1.165, 1.54) is 31.3 Å². The number of halogens is 1. The summed E-state index contributed by atoms with van der Waals surface area (Å²) in [5.41, 5.74) is 1.24. The Morgan fingerprint density at radius 3 is 2.51 bits per heavy atom. The van der Waals surface area contributed by atoms with E-state index in [1.807, 2.05) is 12.1 Å². The summed E-state index contributed by atoms with van der Waals surface area (Å²) in [7, 11) is 2.82. The molecule has 1 aliphatic heterocycles. The van der Waals surface area contributed by atoms with Gasteiger partial charge in [-0.2, -0.15) is 0 Å². The third-order valence-electron chi connectivity index (χ3n) is 5.81. The number of aliphatic hydroxyl groups is 1. The molecule has 1 atom stereocenters. The molecule has 1 fully saturated rings. The van der Waals surface area contributed by atoms with Crippen LogP contribution in [-0.2, 0) is 9.59 Å². The summed E-state index contributed by atoms with van der Waals surface area (Å²) < 4.78 is 16.5. The molecule has 10 heteroatoms. The van der Waals surface area contributed by atoms with Crippen LogP contribution in [0.3, 0.4) is 0 Å². The Balaban J connectivity index is 1.76. The fourth-order valence-corrected chi connectivity index (χ4v) is 4.40.